The summed E-state index contributed by atoms with van der Waals surface area (Å²) < 4.78 is 5.16. The van der Waals surface area contributed by atoms with E-state index in [2.05, 4.69) is 13.8 Å². The number of methoxy groups -OCH3 is 1. The van der Waals surface area contributed by atoms with Crippen molar-refractivity contribution in [3.63, 3.8) is 0 Å². The molecule has 1 aromatic carbocycles. The number of hydrogen-bond donors (Lipinski definition) is 1. The van der Waals surface area contributed by atoms with E-state index in [9.17, 15) is 5.02 Å². The van der Waals surface area contributed by atoms with Crippen LogP contribution in [0.25, 0.3) is 0 Å². The normalized spacial score (nSPS) is 10.4. The SMILES string of the molecule is COc1ccc(B(C)O)c(C(C)C)c1. The minimum absolute atomic E-state index is 0.398. The summed E-state index contributed by atoms with van der Waals surface area (Å²) in [6.07, 6.45) is 0. The van der Waals surface area contributed by atoms with Crippen LogP contribution in [0, 0.1) is 0 Å². The van der Waals surface area contributed by atoms with Crippen molar-refractivity contribution in [2.24, 2.45) is 0 Å². The van der Waals surface area contributed by atoms with Crippen LogP contribution in [0.4, 0.5) is 0 Å². The highest BCUT2D eigenvalue weighted by molar-refractivity contribution is 6.65. The molecule has 14 heavy (non-hydrogen) atoms. The van der Waals surface area contributed by atoms with Gasteiger partial charge >= 0.3 is 6.92 Å². The van der Waals surface area contributed by atoms with Gasteiger partial charge in [-0.3, -0.25) is 0 Å². The second-order valence-corrected chi connectivity index (χ2v) is 3.83. The Morgan fingerprint density at radius 2 is 2.00 bits per heavy atom. The molecule has 3 heteroatoms. The highest BCUT2D eigenvalue weighted by Gasteiger charge is 2.14. The molecule has 0 heterocycles. The Balaban J connectivity index is 3.17. The predicted octanol–water partition coefficient (Wildman–Crippen LogP) is 1.64. The van der Waals surface area contributed by atoms with Gasteiger partial charge in [0.2, 0.25) is 0 Å². The van der Waals surface area contributed by atoms with E-state index in [4.69, 9.17) is 4.74 Å². The smallest absolute Gasteiger partial charge is 0.320 e. The Bertz CT molecular complexity index is 308. The van der Waals surface area contributed by atoms with Gasteiger partial charge in [0.15, 0.2) is 0 Å². The lowest BCUT2D eigenvalue weighted by Gasteiger charge is -2.14. The summed E-state index contributed by atoms with van der Waals surface area (Å²) in [5, 5.41) is 9.58. The third-order valence-corrected chi connectivity index (χ3v) is 2.37. The Morgan fingerprint density at radius 3 is 2.43 bits per heavy atom. The summed E-state index contributed by atoms with van der Waals surface area (Å²) in [7, 11) is 1.65. The van der Waals surface area contributed by atoms with Crippen LogP contribution in [0.2, 0.25) is 6.82 Å². The molecule has 0 spiro atoms. The fraction of sp³-hybridized carbons (Fsp3) is 0.455. The second kappa shape index (κ2) is 4.51. The molecular weight excluding hydrogens is 175 g/mol. The van der Waals surface area contributed by atoms with Gasteiger partial charge in [0.05, 0.1) is 7.11 Å². The molecule has 0 bridgehead atoms. The van der Waals surface area contributed by atoms with Crippen molar-refractivity contribution in [2.45, 2.75) is 26.6 Å². The monoisotopic (exact) mass is 192 g/mol. The summed E-state index contributed by atoms with van der Waals surface area (Å²) in [5.41, 5.74) is 2.14. The van der Waals surface area contributed by atoms with Crippen molar-refractivity contribution in [1.29, 1.82) is 0 Å². The standard InChI is InChI=1S/C11H17BO2/c1-8(2)10-7-9(14-4)5-6-11(10)12(3)13/h5-8,13H,1-4H3. The molecule has 0 amide bonds. The third-order valence-electron chi connectivity index (χ3n) is 2.37. The van der Waals surface area contributed by atoms with Gasteiger partial charge in [-0.15, -0.1) is 0 Å². The van der Waals surface area contributed by atoms with Gasteiger partial charge in [-0.2, -0.15) is 0 Å². The van der Waals surface area contributed by atoms with Gasteiger partial charge in [-0.05, 0) is 29.1 Å². The molecule has 2 nitrogen and oxygen atoms in total. The lowest BCUT2D eigenvalue weighted by Crippen LogP contribution is -2.30. The van der Waals surface area contributed by atoms with Gasteiger partial charge in [0.25, 0.3) is 0 Å². The van der Waals surface area contributed by atoms with E-state index in [0.29, 0.717) is 5.92 Å². The van der Waals surface area contributed by atoms with Crippen molar-refractivity contribution < 1.29 is 9.76 Å². The molecule has 0 aromatic heterocycles. The average Bonchev–Trinajstić information content (AvgIpc) is 2.16. The van der Waals surface area contributed by atoms with Crippen LogP contribution in [0.15, 0.2) is 18.2 Å². The van der Waals surface area contributed by atoms with Gasteiger partial charge < -0.3 is 9.76 Å². The maximum Gasteiger partial charge on any atom is 0.320 e. The molecule has 0 aliphatic rings. The van der Waals surface area contributed by atoms with E-state index in [1.807, 2.05) is 18.2 Å². The van der Waals surface area contributed by atoms with Crippen molar-refractivity contribution in [2.75, 3.05) is 7.11 Å². The summed E-state index contributed by atoms with van der Waals surface area (Å²) in [4.78, 5) is 0. The molecule has 0 saturated heterocycles. The molecule has 0 aliphatic carbocycles. The molecule has 1 rings (SSSR count). The van der Waals surface area contributed by atoms with E-state index in [1.165, 1.54) is 0 Å². The van der Waals surface area contributed by atoms with Crippen LogP contribution in [0.1, 0.15) is 25.3 Å². The molecule has 1 aromatic rings. The van der Waals surface area contributed by atoms with E-state index < -0.39 is 6.92 Å². The maximum atomic E-state index is 9.58. The highest BCUT2D eigenvalue weighted by Crippen LogP contribution is 2.18. The van der Waals surface area contributed by atoms with Crippen LogP contribution >= 0.6 is 0 Å². The van der Waals surface area contributed by atoms with Crippen LogP contribution in [0.3, 0.4) is 0 Å². The lowest BCUT2D eigenvalue weighted by atomic mass is 9.61. The predicted molar refractivity (Wildman–Crippen MR) is 60.6 cm³/mol. The second-order valence-electron chi connectivity index (χ2n) is 3.83. The molecule has 76 valence electrons. The zero-order chi connectivity index (χ0) is 10.7. The van der Waals surface area contributed by atoms with E-state index in [0.717, 1.165) is 16.8 Å². The highest BCUT2D eigenvalue weighted by atomic mass is 16.5. The lowest BCUT2D eigenvalue weighted by molar-refractivity contribution is 0.414. The molecule has 0 radical (unpaired) electrons. The fourth-order valence-electron chi connectivity index (χ4n) is 1.56. The zero-order valence-corrected chi connectivity index (χ0v) is 9.24. The molecule has 1 N–H and O–H groups in total. The van der Waals surface area contributed by atoms with E-state index >= 15 is 0 Å². The number of rotatable bonds is 3. The summed E-state index contributed by atoms with van der Waals surface area (Å²) in [6, 6.07) is 5.81. The molecule has 0 atom stereocenters. The molecular formula is C11H17BO2. The third kappa shape index (κ3) is 2.29. The Kier molecular flexibility index (Phi) is 3.58. The zero-order valence-electron chi connectivity index (χ0n) is 9.24. The minimum atomic E-state index is -0.418. The van der Waals surface area contributed by atoms with E-state index in [-0.39, 0.29) is 0 Å². The number of ether oxygens (including phenoxy) is 1. The number of benzene rings is 1. The summed E-state index contributed by atoms with van der Waals surface area (Å²) in [5.74, 6) is 1.24. The molecule has 0 saturated carbocycles. The topological polar surface area (TPSA) is 29.5 Å². The molecule has 0 fully saturated rings. The summed E-state index contributed by atoms with van der Waals surface area (Å²) in [6.45, 7) is 5.59. The van der Waals surface area contributed by atoms with Gasteiger partial charge in [-0.1, -0.05) is 26.7 Å². The van der Waals surface area contributed by atoms with Crippen LogP contribution in [-0.2, 0) is 0 Å². The fourth-order valence-corrected chi connectivity index (χ4v) is 1.56. The van der Waals surface area contributed by atoms with Crippen LogP contribution in [0.5, 0.6) is 5.75 Å². The van der Waals surface area contributed by atoms with E-state index in [1.54, 1.807) is 13.9 Å². The van der Waals surface area contributed by atoms with Crippen molar-refractivity contribution in [3.8, 4) is 5.75 Å². The first-order valence-electron chi connectivity index (χ1n) is 4.92. The van der Waals surface area contributed by atoms with Crippen molar-refractivity contribution in [1.82, 2.24) is 0 Å². The Hall–Kier alpha value is -0.955. The first kappa shape index (κ1) is 11.1. The minimum Gasteiger partial charge on any atom is -0.497 e. The Labute approximate surface area is 86.0 Å². The average molecular weight is 192 g/mol. The van der Waals surface area contributed by atoms with Crippen molar-refractivity contribution >= 4 is 12.4 Å². The largest absolute Gasteiger partial charge is 0.497 e. The molecule has 0 aliphatic heterocycles. The van der Waals surface area contributed by atoms with Gasteiger partial charge in [0, 0.05) is 0 Å². The quantitative estimate of drug-likeness (QED) is 0.737. The number of hydrogen-bond acceptors (Lipinski definition) is 2. The first-order chi connectivity index (χ1) is 6.56. The van der Waals surface area contributed by atoms with Crippen LogP contribution in [-0.4, -0.2) is 19.0 Å². The first-order valence-corrected chi connectivity index (χ1v) is 4.92. The van der Waals surface area contributed by atoms with Crippen molar-refractivity contribution in [3.05, 3.63) is 23.8 Å². The van der Waals surface area contributed by atoms with Gasteiger partial charge in [-0.25, -0.2) is 0 Å². The molecule has 0 unspecified atom stereocenters. The van der Waals surface area contributed by atoms with Gasteiger partial charge in [0.1, 0.15) is 5.75 Å². The maximum absolute atomic E-state index is 9.58. The Morgan fingerprint density at radius 1 is 1.36 bits per heavy atom. The summed E-state index contributed by atoms with van der Waals surface area (Å²) >= 11 is 0. The van der Waals surface area contributed by atoms with Crippen LogP contribution < -0.4 is 10.2 Å².